The molecule has 9 heteroatoms. The van der Waals surface area contributed by atoms with Crippen LogP contribution in [-0.4, -0.2) is 60.6 Å². The molecule has 0 saturated carbocycles. The summed E-state index contributed by atoms with van der Waals surface area (Å²) in [7, 11) is 1.25. The van der Waals surface area contributed by atoms with Gasteiger partial charge < -0.3 is 25.0 Å². The van der Waals surface area contributed by atoms with Crippen molar-refractivity contribution in [1.29, 1.82) is 0 Å². The number of hydrogen-bond acceptors (Lipinski definition) is 6. The minimum Gasteiger partial charge on any atom is -0.468 e. The molecular weight excluding hydrogens is 486 g/mol. The second-order valence-electron chi connectivity index (χ2n) is 11.1. The first-order valence-electron chi connectivity index (χ1n) is 13.4. The number of ether oxygens (including phenoxy) is 2. The molecular formula is C29H47N3O6. The van der Waals surface area contributed by atoms with Gasteiger partial charge in [0.25, 0.3) is 0 Å². The van der Waals surface area contributed by atoms with Crippen LogP contribution in [0, 0.1) is 19.8 Å². The maximum atomic E-state index is 14.1. The van der Waals surface area contributed by atoms with Crippen molar-refractivity contribution < 1.29 is 28.7 Å². The van der Waals surface area contributed by atoms with Gasteiger partial charge in [-0.3, -0.25) is 14.4 Å². The summed E-state index contributed by atoms with van der Waals surface area (Å²) in [5.74, 6) is -1.37. The fraction of sp³-hybridized carbons (Fsp3) is 0.655. The zero-order valence-electron chi connectivity index (χ0n) is 24.6. The largest absolute Gasteiger partial charge is 0.468 e. The van der Waals surface area contributed by atoms with Crippen LogP contribution in [0.2, 0.25) is 0 Å². The molecule has 0 aromatic heterocycles. The van der Waals surface area contributed by atoms with E-state index in [-0.39, 0.29) is 18.4 Å². The quantitative estimate of drug-likeness (QED) is 0.283. The van der Waals surface area contributed by atoms with E-state index in [1.165, 1.54) is 12.0 Å². The molecule has 38 heavy (non-hydrogen) atoms. The predicted octanol–water partition coefficient (Wildman–Crippen LogP) is 4.59. The van der Waals surface area contributed by atoms with Crippen molar-refractivity contribution >= 4 is 23.9 Å². The number of carbonyl (C=O) groups excluding carboxylic acids is 4. The first-order valence-corrected chi connectivity index (χ1v) is 13.4. The molecule has 9 nitrogen and oxygen atoms in total. The molecule has 0 saturated heterocycles. The highest BCUT2D eigenvalue weighted by atomic mass is 16.6. The number of aryl methyl sites for hydroxylation is 2. The number of rotatable bonds is 13. The first kappa shape index (κ1) is 32.9. The number of amides is 3. The Labute approximate surface area is 228 Å². The van der Waals surface area contributed by atoms with Crippen LogP contribution in [0.3, 0.4) is 0 Å². The molecule has 0 bridgehead atoms. The van der Waals surface area contributed by atoms with Gasteiger partial charge in [0.1, 0.15) is 24.2 Å². The van der Waals surface area contributed by atoms with Gasteiger partial charge in [-0.2, -0.15) is 0 Å². The van der Waals surface area contributed by atoms with E-state index < -0.39 is 35.7 Å². The van der Waals surface area contributed by atoms with Crippen LogP contribution >= 0.6 is 0 Å². The second kappa shape index (κ2) is 15.3. The van der Waals surface area contributed by atoms with Crippen LogP contribution in [0.4, 0.5) is 4.79 Å². The summed E-state index contributed by atoms with van der Waals surface area (Å²) in [5.41, 5.74) is 1.79. The SMILES string of the molecule is CCCCCN(C(=O)C(CC(C)C)NC(=O)OC(C)(C)C)C(C(=O)NCC(=O)OC)c1ccc(C)cc1C. The highest BCUT2D eigenvalue weighted by molar-refractivity contribution is 5.93. The van der Waals surface area contributed by atoms with E-state index >= 15 is 0 Å². The average molecular weight is 534 g/mol. The lowest BCUT2D eigenvalue weighted by Gasteiger charge is -2.35. The van der Waals surface area contributed by atoms with Gasteiger partial charge in [0.15, 0.2) is 0 Å². The van der Waals surface area contributed by atoms with Gasteiger partial charge in [0.2, 0.25) is 11.8 Å². The van der Waals surface area contributed by atoms with Crippen molar-refractivity contribution in [2.24, 2.45) is 5.92 Å². The van der Waals surface area contributed by atoms with Crippen molar-refractivity contribution in [1.82, 2.24) is 15.5 Å². The van der Waals surface area contributed by atoms with E-state index in [9.17, 15) is 19.2 Å². The molecule has 0 heterocycles. The molecule has 1 rings (SSSR count). The molecule has 214 valence electrons. The Morgan fingerprint density at radius 2 is 1.71 bits per heavy atom. The molecule has 2 unspecified atom stereocenters. The molecule has 0 aliphatic carbocycles. The molecule has 0 spiro atoms. The van der Waals surface area contributed by atoms with Gasteiger partial charge >= 0.3 is 12.1 Å². The van der Waals surface area contributed by atoms with Gasteiger partial charge in [-0.05, 0) is 64.5 Å². The monoisotopic (exact) mass is 533 g/mol. The summed E-state index contributed by atoms with van der Waals surface area (Å²) in [6, 6.07) is 3.79. The van der Waals surface area contributed by atoms with E-state index in [4.69, 9.17) is 4.74 Å². The zero-order valence-corrected chi connectivity index (χ0v) is 24.6. The van der Waals surface area contributed by atoms with Crippen molar-refractivity contribution in [2.75, 3.05) is 20.2 Å². The van der Waals surface area contributed by atoms with Gasteiger partial charge in [-0.1, -0.05) is 57.4 Å². The molecule has 0 radical (unpaired) electrons. The normalized spacial score (nSPS) is 12.9. The number of carbonyl (C=O) groups is 4. The van der Waals surface area contributed by atoms with E-state index in [0.717, 1.165) is 24.0 Å². The number of alkyl carbamates (subject to hydrolysis) is 1. The third-order valence-corrected chi connectivity index (χ3v) is 5.90. The maximum Gasteiger partial charge on any atom is 0.408 e. The summed E-state index contributed by atoms with van der Waals surface area (Å²) < 4.78 is 10.1. The predicted molar refractivity (Wildman–Crippen MR) is 148 cm³/mol. The Kier molecular flexibility index (Phi) is 13.3. The van der Waals surface area contributed by atoms with Crippen LogP contribution in [0.1, 0.15) is 90.0 Å². The second-order valence-corrected chi connectivity index (χ2v) is 11.1. The molecule has 2 atom stereocenters. The van der Waals surface area contributed by atoms with E-state index in [0.29, 0.717) is 24.9 Å². The molecule has 3 amide bonds. The number of methoxy groups -OCH3 is 1. The van der Waals surface area contributed by atoms with E-state index in [1.807, 2.05) is 45.9 Å². The fourth-order valence-corrected chi connectivity index (χ4v) is 4.15. The topological polar surface area (TPSA) is 114 Å². The molecule has 0 aliphatic heterocycles. The Balaban J connectivity index is 3.55. The Bertz CT molecular complexity index is 954. The van der Waals surface area contributed by atoms with Crippen LogP contribution in [0.25, 0.3) is 0 Å². The van der Waals surface area contributed by atoms with Crippen LogP contribution in [0.15, 0.2) is 18.2 Å². The fourth-order valence-electron chi connectivity index (χ4n) is 4.15. The molecule has 0 aliphatic rings. The van der Waals surface area contributed by atoms with Crippen molar-refractivity contribution in [2.45, 2.75) is 98.8 Å². The number of nitrogens with zero attached hydrogens (tertiary/aromatic N) is 1. The number of benzene rings is 1. The number of unbranched alkanes of at least 4 members (excludes halogenated alkanes) is 2. The number of hydrogen-bond donors (Lipinski definition) is 2. The van der Waals surface area contributed by atoms with Crippen LogP contribution in [0.5, 0.6) is 0 Å². The maximum absolute atomic E-state index is 14.1. The minimum absolute atomic E-state index is 0.0871. The third-order valence-electron chi connectivity index (χ3n) is 5.90. The van der Waals surface area contributed by atoms with E-state index in [2.05, 4.69) is 22.3 Å². The lowest BCUT2D eigenvalue weighted by atomic mass is 9.95. The van der Waals surface area contributed by atoms with Crippen molar-refractivity contribution in [3.05, 3.63) is 34.9 Å². The van der Waals surface area contributed by atoms with E-state index in [1.54, 1.807) is 20.8 Å². The van der Waals surface area contributed by atoms with Gasteiger partial charge in [0, 0.05) is 6.54 Å². The zero-order chi connectivity index (χ0) is 29.0. The smallest absolute Gasteiger partial charge is 0.408 e. The van der Waals surface area contributed by atoms with Gasteiger partial charge in [-0.15, -0.1) is 0 Å². The first-order chi connectivity index (χ1) is 17.7. The lowest BCUT2D eigenvalue weighted by Crippen LogP contribution is -2.54. The Hall–Kier alpha value is -3.10. The number of esters is 1. The van der Waals surface area contributed by atoms with Crippen LogP contribution < -0.4 is 10.6 Å². The Morgan fingerprint density at radius 1 is 1.05 bits per heavy atom. The van der Waals surface area contributed by atoms with Crippen LogP contribution in [-0.2, 0) is 23.9 Å². The summed E-state index contributed by atoms with van der Waals surface area (Å²) in [5, 5.41) is 5.38. The molecule has 2 N–H and O–H groups in total. The minimum atomic E-state index is -1.00. The van der Waals surface area contributed by atoms with Crippen molar-refractivity contribution in [3.63, 3.8) is 0 Å². The molecule has 1 aromatic rings. The summed E-state index contributed by atoms with van der Waals surface area (Å²) in [4.78, 5) is 53.8. The highest BCUT2D eigenvalue weighted by Crippen LogP contribution is 2.28. The van der Waals surface area contributed by atoms with Gasteiger partial charge in [-0.25, -0.2) is 4.79 Å². The summed E-state index contributed by atoms with van der Waals surface area (Å²) >= 11 is 0. The molecule has 1 aromatic carbocycles. The Morgan fingerprint density at radius 3 is 2.24 bits per heavy atom. The van der Waals surface area contributed by atoms with Crippen molar-refractivity contribution in [3.8, 4) is 0 Å². The average Bonchev–Trinajstić information content (AvgIpc) is 2.80. The summed E-state index contributed by atoms with van der Waals surface area (Å²) in [6.07, 6.45) is 2.14. The van der Waals surface area contributed by atoms with Gasteiger partial charge in [0.05, 0.1) is 7.11 Å². The standard InChI is InChI=1S/C29H47N3O6/c1-10-11-12-15-32(27(35)23(16-19(2)3)31-28(36)38-29(6,7)8)25(26(34)30-18-24(33)37-9)22-14-13-20(4)17-21(22)5/h13-14,17,19,23,25H,10-12,15-16,18H2,1-9H3,(H,30,34)(H,31,36). The number of nitrogens with one attached hydrogen (secondary N) is 2. The lowest BCUT2D eigenvalue weighted by molar-refractivity contribution is -0.145. The molecule has 0 fully saturated rings. The highest BCUT2D eigenvalue weighted by Gasteiger charge is 2.37. The third kappa shape index (κ3) is 11.1. The summed E-state index contributed by atoms with van der Waals surface area (Å²) in [6.45, 7) is 15.1.